The van der Waals surface area contributed by atoms with E-state index in [1.165, 1.54) is 11.1 Å². The van der Waals surface area contributed by atoms with Gasteiger partial charge in [0.15, 0.2) is 0 Å². The Morgan fingerprint density at radius 2 is 2.00 bits per heavy atom. The Kier molecular flexibility index (Phi) is 2.02. The number of methoxy groups -OCH3 is 1. The molecule has 0 fully saturated rings. The number of benzene rings is 1. The number of rotatable bonds is 2. The van der Waals surface area contributed by atoms with E-state index in [0.29, 0.717) is 0 Å². The van der Waals surface area contributed by atoms with Crippen LogP contribution in [0.25, 0.3) is 0 Å². The molecule has 1 aromatic rings. The number of hydrogen-bond acceptors (Lipinski definition) is 1. The minimum atomic E-state index is -0.137. The van der Waals surface area contributed by atoms with Crippen molar-refractivity contribution in [2.24, 2.45) is 0 Å². The zero-order valence-corrected chi connectivity index (χ0v) is 10.8. The molecule has 0 saturated carbocycles. The van der Waals surface area contributed by atoms with Crippen LogP contribution in [0, 0.1) is 0 Å². The summed E-state index contributed by atoms with van der Waals surface area (Å²) in [7, 11) is 1.82. The quantitative estimate of drug-likeness (QED) is 0.463. The maximum atomic E-state index is 5.75. The lowest BCUT2D eigenvalue weighted by molar-refractivity contribution is 0.0312. The first-order valence-corrected chi connectivity index (χ1v) is 6.70. The van der Waals surface area contributed by atoms with E-state index in [1.54, 1.807) is 0 Å². The van der Waals surface area contributed by atoms with Gasteiger partial charge in [0.25, 0.3) is 0 Å². The van der Waals surface area contributed by atoms with E-state index in [4.69, 9.17) is 4.74 Å². The third-order valence-corrected chi connectivity index (χ3v) is 5.13. The molecular weight excluding hydrogens is 299 g/mol. The van der Waals surface area contributed by atoms with Crippen LogP contribution in [0.15, 0.2) is 36.4 Å². The fourth-order valence-corrected chi connectivity index (χ4v) is 3.89. The molecular formula is C13H13IO. The predicted octanol–water partition coefficient (Wildman–Crippen LogP) is 3.17. The van der Waals surface area contributed by atoms with Gasteiger partial charge in [0, 0.05) is 17.0 Å². The normalized spacial score (nSPS) is 35.9. The molecule has 2 heteroatoms. The van der Waals surface area contributed by atoms with Gasteiger partial charge in [-0.15, -0.1) is 0 Å². The van der Waals surface area contributed by atoms with E-state index >= 15 is 0 Å². The Labute approximate surface area is 104 Å². The molecule has 15 heavy (non-hydrogen) atoms. The van der Waals surface area contributed by atoms with Gasteiger partial charge in [-0.2, -0.15) is 0 Å². The second kappa shape index (κ2) is 3.08. The summed E-state index contributed by atoms with van der Waals surface area (Å²) in [4.78, 5) is 0. The first-order valence-electron chi connectivity index (χ1n) is 5.18. The van der Waals surface area contributed by atoms with Crippen LogP contribution in [-0.4, -0.2) is 11.5 Å². The molecule has 0 heterocycles. The average molecular weight is 312 g/mol. The van der Waals surface area contributed by atoms with Crippen LogP contribution in [0.1, 0.15) is 17.5 Å². The molecule has 0 radical (unpaired) electrons. The maximum Gasteiger partial charge on any atom is 0.112 e. The van der Waals surface area contributed by atoms with Crippen molar-refractivity contribution in [1.29, 1.82) is 0 Å². The van der Waals surface area contributed by atoms with Crippen molar-refractivity contribution in [3.05, 3.63) is 47.5 Å². The molecule has 0 aliphatic heterocycles. The first kappa shape index (κ1) is 9.85. The van der Waals surface area contributed by atoms with E-state index in [-0.39, 0.29) is 11.0 Å². The van der Waals surface area contributed by atoms with Crippen LogP contribution in [0.3, 0.4) is 0 Å². The van der Waals surface area contributed by atoms with Crippen molar-refractivity contribution in [3.63, 3.8) is 0 Å². The molecule has 0 saturated heterocycles. The molecule has 1 aromatic carbocycles. The van der Waals surface area contributed by atoms with Crippen molar-refractivity contribution < 1.29 is 4.74 Å². The maximum absolute atomic E-state index is 5.75. The van der Waals surface area contributed by atoms with E-state index in [1.807, 2.05) is 7.11 Å². The fourth-order valence-electron chi connectivity index (χ4n) is 2.95. The summed E-state index contributed by atoms with van der Waals surface area (Å²) in [5, 5.41) is 0. The van der Waals surface area contributed by atoms with Gasteiger partial charge in [0.1, 0.15) is 5.60 Å². The Hall–Kier alpha value is -0.350. The topological polar surface area (TPSA) is 9.23 Å². The summed E-state index contributed by atoms with van der Waals surface area (Å²) in [5.41, 5.74) is 2.92. The third-order valence-electron chi connectivity index (χ3n) is 3.77. The zero-order valence-electron chi connectivity index (χ0n) is 8.66. The molecule has 0 spiro atoms. The molecule has 3 rings (SSSR count). The van der Waals surface area contributed by atoms with Crippen LogP contribution in [0.4, 0.5) is 0 Å². The van der Waals surface area contributed by atoms with Crippen molar-refractivity contribution in [1.82, 2.24) is 0 Å². The summed E-state index contributed by atoms with van der Waals surface area (Å²) in [6.07, 6.45) is 5.66. The Balaban J connectivity index is 2.26. The minimum absolute atomic E-state index is 0.137. The molecule has 2 bridgehead atoms. The summed E-state index contributed by atoms with van der Waals surface area (Å²) >= 11 is 2.48. The standard InChI is InChI=1S/C13H13IO/c1-15-13-7-6-12(8-13,9-14)10-4-2-3-5-11(10)13/h2-7H,8-9H2,1H3/t12-,13-/m0/s1. The van der Waals surface area contributed by atoms with Gasteiger partial charge in [-0.3, -0.25) is 0 Å². The lowest BCUT2D eigenvalue weighted by atomic mass is 9.85. The van der Waals surface area contributed by atoms with Crippen LogP contribution >= 0.6 is 22.6 Å². The molecule has 2 aliphatic carbocycles. The number of hydrogen-bond donors (Lipinski definition) is 0. The average Bonchev–Trinajstić information content (AvgIpc) is 2.83. The monoisotopic (exact) mass is 312 g/mol. The van der Waals surface area contributed by atoms with Crippen LogP contribution in [-0.2, 0) is 15.8 Å². The van der Waals surface area contributed by atoms with E-state index in [2.05, 4.69) is 59.0 Å². The first-order chi connectivity index (χ1) is 7.26. The Bertz CT molecular complexity index is 401. The van der Waals surface area contributed by atoms with E-state index in [0.717, 1.165) is 10.8 Å². The lowest BCUT2D eigenvalue weighted by Gasteiger charge is -2.24. The zero-order chi connectivity index (χ0) is 10.5. The number of ether oxygens (including phenoxy) is 1. The molecule has 2 atom stereocenters. The number of alkyl halides is 1. The van der Waals surface area contributed by atoms with Gasteiger partial charge in [-0.05, 0) is 17.5 Å². The second-order valence-corrected chi connectivity index (χ2v) is 5.20. The summed E-state index contributed by atoms with van der Waals surface area (Å²) in [6.45, 7) is 0. The Morgan fingerprint density at radius 1 is 1.27 bits per heavy atom. The molecule has 0 N–H and O–H groups in total. The van der Waals surface area contributed by atoms with Crippen LogP contribution in [0.5, 0.6) is 0 Å². The smallest absolute Gasteiger partial charge is 0.112 e. The summed E-state index contributed by atoms with van der Waals surface area (Å²) in [5.74, 6) is 0. The SMILES string of the molecule is CO[C@@]12C=C[C@@](CI)(C1)c1ccccc12. The van der Waals surface area contributed by atoms with Gasteiger partial charge >= 0.3 is 0 Å². The molecule has 0 amide bonds. The van der Waals surface area contributed by atoms with Crippen molar-refractivity contribution >= 4 is 22.6 Å². The van der Waals surface area contributed by atoms with Gasteiger partial charge in [0.2, 0.25) is 0 Å². The summed E-state index contributed by atoms with van der Waals surface area (Å²) < 4.78 is 6.88. The minimum Gasteiger partial charge on any atom is -0.369 e. The number of allylic oxidation sites excluding steroid dienone is 1. The summed E-state index contributed by atoms with van der Waals surface area (Å²) in [6, 6.07) is 8.69. The Morgan fingerprint density at radius 3 is 2.67 bits per heavy atom. The molecule has 2 aliphatic rings. The third kappa shape index (κ3) is 1.07. The van der Waals surface area contributed by atoms with Gasteiger partial charge in [-0.25, -0.2) is 0 Å². The number of fused-ring (bicyclic) bond motifs is 5. The van der Waals surface area contributed by atoms with Crippen molar-refractivity contribution in [3.8, 4) is 0 Å². The molecule has 1 nitrogen and oxygen atoms in total. The van der Waals surface area contributed by atoms with E-state index < -0.39 is 0 Å². The highest BCUT2D eigenvalue weighted by atomic mass is 127. The molecule has 0 unspecified atom stereocenters. The lowest BCUT2D eigenvalue weighted by Crippen LogP contribution is -2.22. The van der Waals surface area contributed by atoms with E-state index in [9.17, 15) is 0 Å². The number of halogens is 1. The van der Waals surface area contributed by atoms with Gasteiger partial charge < -0.3 is 4.74 Å². The molecule has 78 valence electrons. The highest BCUT2D eigenvalue weighted by Gasteiger charge is 2.53. The highest BCUT2D eigenvalue weighted by molar-refractivity contribution is 14.1. The second-order valence-electron chi connectivity index (χ2n) is 4.44. The predicted molar refractivity (Wildman–Crippen MR) is 69.5 cm³/mol. The van der Waals surface area contributed by atoms with Crippen molar-refractivity contribution in [2.45, 2.75) is 17.4 Å². The van der Waals surface area contributed by atoms with Crippen LogP contribution < -0.4 is 0 Å². The van der Waals surface area contributed by atoms with Gasteiger partial charge in [0.05, 0.1) is 0 Å². The van der Waals surface area contributed by atoms with Gasteiger partial charge in [-0.1, -0.05) is 59.0 Å². The highest BCUT2D eigenvalue weighted by Crippen LogP contribution is 2.57. The van der Waals surface area contributed by atoms with Crippen LogP contribution in [0.2, 0.25) is 0 Å². The molecule has 0 aromatic heterocycles. The largest absolute Gasteiger partial charge is 0.369 e. The van der Waals surface area contributed by atoms with Crippen molar-refractivity contribution in [2.75, 3.05) is 11.5 Å². The fraction of sp³-hybridized carbons (Fsp3) is 0.385.